The van der Waals surface area contributed by atoms with Gasteiger partial charge in [-0.1, -0.05) is 30.3 Å². The fourth-order valence-electron chi connectivity index (χ4n) is 2.72. The fraction of sp³-hybridized carbons (Fsp3) is 0.471. The van der Waals surface area contributed by atoms with Crippen molar-refractivity contribution >= 4 is 0 Å². The van der Waals surface area contributed by atoms with Gasteiger partial charge in [-0.2, -0.15) is 0 Å². The van der Waals surface area contributed by atoms with Crippen molar-refractivity contribution in [2.24, 2.45) is 0 Å². The van der Waals surface area contributed by atoms with E-state index in [1.54, 1.807) is 0 Å². The maximum absolute atomic E-state index is 4.31. The summed E-state index contributed by atoms with van der Waals surface area (Å²) in [6, 6.07) is 11.7. The molecule has 1 N–H and O–H groups in total. The molecule has 1 aliphatic carbocycles. The van der Waals surface area contributed by atoms with Gasteiger partial charge in [-0.05, 0) is 32.5 Å². The van der Waals surface area contributed by atoms with E-state index in [1.165, 1.54) is 24.1 Å². The highest BCUT2D eigenvalue weighted by molar-refractivity contribution is 5.19. The first-order valence-electron chi connectivity index (χ1n) is 7.68. The SMILES string of the molecule is CN(C)CC(NCc1cncn1C1CC1)c1ccccc1. The molecule has 1 aromatic carbocycles. The van der Waals surface area contributed by atoms with Crippen LogP contribution < -0.4 is 5.32 Å². The maximum atomic E-state index is 4.31. The Kier molecular flexibility index (Phi) is 4.36. The second-order valence-electron chi connectivity index (χ2n) is 6.13. The minimum absolute atomic E-state index is 0.337. The molecule has 4 heteroatoms. The van der Waals surface area contributed by atoms with Crippen molar-refractivity contribution in [1.82, 2.24) is 19.8 Å². The largest absolute Gasteiger partial charge is 0.330 e. The molecule has 0 aliphatic heterocycles. The van der Waals surface area contributed by atoms with Crippen LogP contribution in [-0.4, -0.2) is 35.1 Å². The summed E-state index contributed by atoms with van der Waals surface area (Å²) in [6.45, 7) is 1.85. The van der Waals surface area contributed by atoms with Crippen molar-refractivity contribution in [3.05, 3.63) is 54.1 Å². The summed E-state index contributed by atoms with van der Waals surface area (Å²) in [5.74, 6) is 0. The molecule has 1 saturated carbocycles. The average molecular weight is 284 g/mol. The van der Waals surface area contributed by atoms with Gasteiger partial charge < -0.3 is 14.8 Å². The molecule has 4 nitrogen and oxygen atoms in total. The number of nitrogens with one attached hydrogen (secondary N) is 1. The summed E-state index contributed by atoms with van der Waals surface area (Å²) in [5.41, 5.74) is 2.63. The van der Waals surface area contributed by atoms with Crippen LogP contribution in [0.25, 0.3) is 0 Å². The lowest BCUT2D eigenvalue weighted by molar-refractivity contribution is 0.338. The van der Waals surface area contributed by atoms with Crippen LogP contribution in [0.3, 0.4) is 0 Å². The van der Waals surface area contributed by atoms with Gasteiger partial charge in [0.05, 0.1) is 12.0 Å². The summed E-state index contributed by atoms with van der Waals surface area (Å²) in [7, 11) is 4.23. The van der Waals surface area contributed by atoms with Crippen LogP contribution in [-0.2, 0) is 6.54 Å². The third kappa shape index (κ3) is 3.71. The Morgan fingerprint density at radius 1 is 1.29 bits per heavy atom. The van der Waals surface area contributed by atoms with E-state index >= 15 is 0 Å². The number of likely N-dealkylation sites (N-methyl/N-ethyl adjacent to an activating group) is 1. The summed E-state index contributed by atoms with van der Waals surface area (Å²) < 4.78 is 2.32. The summed E-state index contributed by atoms with van der Waals surface area (Å²) in [4.78, 5) is 6.53. The molecule has 1 aliphatic rings. The molecule has 1 atom stereocenters. The van der Waals surface area contributed by atoms with E-state index in [2.05, 4.69) is 64.2 Å². The fourth-order valence-corrected chi connectivity index (χ4v) is 2.72. The summed E-state index contributed by atoms with van der Waals surface area (Å²) in [6.07, 6.45) is 6.55. The topological polar surface area (TPSA) is 33.1 Å². The van der Waals surface area contributed by atoms with Crippen molar-refractivity contribution in [1.29, 1.82) is 0 Å². The highest BCUT2D eigenvalue weighted by atomic mass is 15.1. The highest BCUT2D eigenvalue weighted by Crippen LogP contribution is 2.35. The maximum Gasteiger partial charge on any atom is 0.0951 e. The van der Waals surface area contributed by atoms with Crippen molar-refractivity contribution in [3.8, 4) is 0 Å². The van der Waals surface area contributed by atoms with Crippen LogP contribution in [0.15, 0.2) is 42.9 Å². The number of benzene rings is 1. The van der Waals surface area contributed by atoms with Gasteiger partial charge in [0, 0.05) is 31.4 Å². The molecule has 1 unspecified atom stereocenters. The lowest BCUT2D eigenvalue weighted by atomic mass is 10.1. The van der Waals surface area contributed by atoms with Crippen LogP contribution in [0.2, 0.25) is 0 Å². The minimum Gasteiger partial charge on any atom is -0.330 e. The van der Waals surface area contributed by atoms with Gasteiger partial charge >= 0.3 is 0 Å². The first-order valence-corrected chi connectivity index (χ1v) is 7.68. The van der Waals surface area contributed by atoms with Gasteiger partial charge in [-0.3, -0.25) is 0 Å². The van der Waals surface area contributed by atoms with Crippen molar-refractivity contribution in [3.63, 3.8) is 0 Å². The number of rotatable bonds is 7. The van der Waals surface area contributed by atoms with Gasteiger partial charge in [0.2, 0.25) is 0 Å². The van der Waals surface area contributed by atoms with E-state index in [-0.39, 0.29) is 0 Å². The Balaban J connectivity index is 1.68. The quantitative estimate of drug-likeness (QED) is 0.848. The molecule has 3 rings (SSSR count). The van der Waals surface area contributed by atoms with Gasteiger partial charge in [-0.25, -0.2) is 4.98 Å². The first kappa shape index (κ1) is 14.3. The predicted molar refractivity (Wildman–Crippen MR) is 85.1 cm³/mol. The second kappa shape index (κ2) is 6.41. The van der Waals surface area contributed by atoms with Crippen LogP contribution in [0.4, 0.5) is 0 Å². The van der Waals surface area contributed by atoms with Crippen LogP contribution in [0.5, 0.6) is 0 Å². The van der Waals surface area contributed by atoms with Gasteiger partial charge in [0.1, 0.15) is 0 Å². The molecular weight excluding hydrogens is 260 g/mol. The number of hydrogen-bond donors (Lipinski definition) is 1. The monoisotopic (exact) mass is 284 g/mol. The Labute approximate surface area is 126 Å². The molecule has 0 bridgehead atoms. The first-order chi connectivity index (χ1) is 10.2. The molecule has 0 amide bonds. The van der Waals surface area contributed by atoms with Crippen molar-refractivity contribution in [2.75, 3.05) is 20.6 Å². The van der Waals surface area contributed by atoms with Gasteiger partial charge in [0.15, 0.2) is 0 Å². The minimum atomic E-state index is 0.337. The number of nitrogens with zero attached hydrogens (tertiary/aromatic N) is 3. The Morgan fingerprint density at radius 2 is 2.05 bits per heavy atom. The number of hydrogen-bond acceptors (Lipinski definition) is 3. The molecule has 2 aromatic rings. The average Bonchev–Trinajstić information content (AvgIpc) is 3.23. The standard InChI is InChI=1S/C17H24N4/c1-20(2)12-17(14-6-4-3-5-7-14)19-11-16-10-18-13-21(16)15-8-9-15/h3-7,10,13,15,17,19H,8-9,11-12H2,1-2H3. The zero-order chi connectivity index (χ0) is 14.7. The van der Waals surface area contributed by atoms with E-state index in [1.807, 2.05) is 12.5 Å². The molecular formula is C17H24N4. The molecule has 21 heavy (non-hydrogen) atoms. The normalized spacial score (nSPS) is 16.3. The molecule has 0 saturated heterocycles. The number of aromatic nitrogens is 2. The van der Waals surface area contributed by atoms with Gasteiger partial charge in [-0.15, -0.1) is 0 Å². The van der Waals surface area contributed by atoms with E-state index in [9.17, 15) is 0 Å². The van der Waals surface area contributed by atoms with Crippen molar-refractivity contribution in [2.45, 2.75) is 31.5 Å². The Morgan fingerprint density at radius 3 is 2.71 bits per heavy atom. The molecule has 1 heterocycles. The van der Waals surface area contributed by atoms with Crippen LogP contribution >= 0.6 is 0 Å². The zero-order valence-corrected chi connectivity index (χ0v) is 12.9. The Bertz CT molecular complexity index is 557. The third-order valence-corrected chi connectivity index (χ3v) is 3.97. The van der Waals surface area contributed by atoms with Gasteiger partial charge in [0.25, 0.3) is 0 Å². The zero-order valence-electron chi connectivity index (χ0n) is 12.9. The Hall–Kier alpha value is -1.65. The van der Waals surface area contributed by atoms with Crippen molar-refractivity contribution < 1.29 is 0 Å². The predicted octanol–water partition coefficient (Wildman–Crippen LogP) is 2.61. The lowest BCUT2D eigenvalue weighted by Gasteiger charge is -2.23. The smallest absolute Gasteiger partial charge is 0.0951 e. The lowest BCUT2D eigenvalue weighted by Crippen LogP contribution is -2.31. The molecule has 1 aromatic heterocycles. The number of imidazole rings is 1. The van der Waals surface area contributed by atoms with E-state index < -0.39 is 0 Å². The van der Waals surface area contributed by atoms with E-state index in [4.69, 9.17) is 0 Å². The molecule has 112 valence electrons. The van der Waals surface area contributed by atoms with Crippen LogP contribution in [0, 0.1) is 0 Å². The third-order valence-electron chi connectivity index (χ3n) is 3.97. The summed E-state index contributed by atoms with van der Waals surface area (Å²) in [5, 5.41) is 3.69. The van der Waals surface area contributed by atoms with E-state index in [0.29, 0.717) is 12.1 Å². The molecule has 1 fully saturated rings. The highest BCUT2D eigenvalue weighted by Gasteiger charge is 2.25. The summed E-state index contributed by atoms with van der Waals surface area (Å²) >= 11 is 0. The second-order valence-corrected chi connectivity index (χ2v) is 6.13. The molecule has 0 radical (unpaired) electrons. The van der Waals surface area contributed by atoms with E-state index in [0.717, 1.165) is 13.1 Å². The molecule has 0 spiro atoms. The van der Waals surface area contributed by atoms with Crippen LogP contribution in [0.1, 0.15) is 36.2 Å².